The molecule has 0 saturated heterocycles. The zero-order valence-corrected chi connectivity index (χ0v) is 16.6. The van der Waals surface area contributed by atoms with Crippen molar-refractivity contribution in [3.63, 3.8) is 0 Å². The summed E-state index contributed by atoms with van der Waals surface area (Å²) in [7, 11) is 0. The van der Waals surface area contributed by atoms with Gasteiger partial charge in [-0.3, -0.25) is 4.79 Å². The number of hydrogen-bond acceptors (Lipinski definition) is 5. The molecule has 0 aliphatic heterocycles. The molecule has 1 N–H and O–H groups in total. The molecule has 0 radical (unpaired) electrons. The first-order valence-corrected chi connectivity index (χ1v) is 10.1. The van der Waals surface area contributed by atoms with Crippen molar-refractivity contribution < 1.29 is 19.4 Å². The largest absolute Gasteiger partial charge is 0.490 e. The lowest BCUT2D eigenvalue weighted by Crippen LogP contribution is -2.08. The summed E-state index contributed by atoms with van der Waals surface area (Å²) in [5.41, 5.74) is 2.84. The summed E-state index contributed by atoms with van der Waals surface area (Å²) in [6, 6.07) is 15.8. The molecule has 2 aromatic carbocycles. The third kappa shape index (κ3) is 5.82. The van der Waals surface area contributed by atoms with Gasteiger partial charge in [0, 0.05) is 10.9 Å². The Morgan fingerprint density at radius 1 is 1.00 bits per heavy atom. The van der Waals surface area contributed by atoms with Gasteiger partial charge >= 0.3 is 5.97 Å². The summed E-state index contributed by atoms with van der Waals surface area (Å²) >= 11 is 1.44. The number of aliphatic carboxylic acids is 1. The highest BCUT2D eigenvalue weighted by Gasteiger charge is 2.08. The van der Waals surface area contributed by atoms with Crippen molar-refractivity contribution in [3.8, 4) is 22.1 Å². The number of aromatic nitrogens is 1. The van der Waals surface area contributed by atoms with Crippen molar-refractivity contribution in [1.29, 1.82) is 0 Å². The average molecular weight is 397 g/mol. The average Bonchev–Trinajstić information content (AvgIpc) is 3.15. The second kappa shape index (κ2) is 9.90. The molecule has 0 amide bonds. The van der Waals surface area contributed by atoms with Crippen molar-refractivity contribution in [2.24, 2.45) is 0 Å². The van der Waals surface area contributed by atoms with Crippen LogP contribution in [-0.2, 0) is 17.6 Å². The van der Waals surface area contributed by atoms with Crippen LogP contribution in [0.25, 0.3) is 10.6 Å². The van der Waals surface area contributed by atoms with Gasteiger partial charge in [0.05, 0.1) is 12.1 Å². The quantitative estimate of drug-likeness (QED) is 0.496. The molecule has 1 heterocycles. The van der Waals surface area contributed by atoms with Gasteiger partial charge in [-0.15, -0.1) is 11.3 Å². The summed E-state index contributed by atoms with van der Waals surface area (Å²) < 4.78 is 11.4. The van der Waals surface area contributed by atoms with Gasteiger partial charge in [-0.25, -0.2) is 4.98 Å². The summed E-state index contributed by atoms with van der Waals surface area (Å²) in [6.45, 7) is 3.10. The standard InChI is InChI=1S/C22H23NO4S/c1-2-3-16-4-8-19(9-5-16)26-12-13-27-20-10-6-17(7-11-20)22-23-18(15-28-22)14-21(24)25/h4-11,15H,2-3,12-14H2,1H3,(H,24,25). The minimum absolute atomic E-state index is 0.0565. The molecule has 0 fully saturated rings. The Balaban J connectivity index is 1.45. The highest BCUT2D eigenvalue weighted by molar-refractivity contribution is 7.13. The van der Waals surface area contributed by atoms with Gasteiger partial charge in [-0.05, 0) is 48.4 Å². The van der Waals surface area contributed by atoms with Crippen LogP contribution < -0.4 is 9.47 Å². The van der Waals surface area contributed by atoms with Crippen molar-refractivity contribution >= 4 is 17.3 Å². The fourth-order valence-electron chi connectivity index (χ4n) is 2.73. The summed E-state index contributed by atoms with van der Waals surface area (Å²) in [4.78, 5) is 15.1. The topological polar surface area (TPSA) is 68.7 Å². The van der Waals surface area contributed by atoms with Crippen LogP contribution in [0.4, 0.5) is 0 Å². The first kappa shape index (κ1) is 19.9. The highest BCUT2D eigenvalue weighted by Crippen LogP contribution is 2.26. The molecule has 146 valence electrons. The number of nitrogens with zero attached hydrogens (tertiary/aromatic N) is 1. The number of hydrogen-bond donors (Lipinski definition) is 1. The molecular formula is C22H23NO4S. The van der Waals surface area contributed by atoms with Crippen molar-refractivity contribution in [2.75, 3.05) is 13.2 Å². The second-order valence-corrected chi connectivity index (χ2v) is 7.19. The molecule has 3 aromatic rings. The van der Waals surface area contributed by atoms with Gasteiger partial charge in [0.1, 0.15) is 29.7 Å². The van der Waals surface area contributed by atoms with E-state index in [4.69, 9.17) is 14.6 Å². The third-order valence-corrected chi connectivity index (χ3v) is 5.01. The predicted octanol–water partition coefficient (Wildman–Crippen LogP) is 4.85. The van der Waals surface area contributed by atoms with Gasteiger partial charge in [-0.2, -0.15) is 0 Å². The number of rotatable bonds is 10. The Bertz CT molecular complexity index is 888. The molecule has 0 aliphatic rings. The number of aryl methyl sites for hydroxylation is 1. The first-order chi connectivity index (χ1) is 13.6. The molecule has 0 unspecified atom stereocenters. The maximum Gasteiger partial charge on any atom is 0.309 e. The summed E-state index contributed by atoms with van der Waals surface area (Å²) in [5.74, 6) is 0.729. The van der Waals surface area contributed by atoms with E-state index in [-0.39, 0.29) is 6.42 Å². The van der Waals surface area contributed by atoms with Gasteiger partial charge in [0.2, 0.25) is 0 Å². The number of thiazole rings is 1. The fraction of sp³-hybridized carbons (Fsp3) is 0.273. The van der Waals surface area contributed by atoms with Crippen LogP contribution in [0.3, 0.4) is 0 Å². The molecule has 0 bridgehead atoms. The van der Waals surface area contributed by atoms with Crippen molar-refractivity contribution in [3.05, 3.63) is 65.2 Å². The molecule has 0 saturated carbocycles. The Kier molecular flexibility index (Phi) is 7.03. The minimum atomic E-state index is -0.875. The van der Waals surface area contributed by atoms with Gasteiger partial charge in [0.15, 0.2) is 0 Å². The number of ether oxygens (including phenoxy) is 2. The van der Waals surface area contributed by atoms with Crippen LogP contribution in [0.5, 0.6) is 11.5 Å². The minimum Gasteiger partial charge on any atom is -0.490 e. The Morgan fingerprint density at radius 3 is 2.18 bits per heavy atom. The number of carbonyl (C=O) groups is 1. The van der Waals surface area contributed by atoms with Gasteiger partial charge < -0.3 is 14.6 Å². The van der Waals surface area contributed by atoms with Gasteiger partial charge in [-0.1, -0.05) is 25.5 Å². The zero-order valence-electron chi connectivity index (χ0n) is 15.8. The molecule has 0 spiro atoms. The van der Waals surface area contributed by atoms with E-state index in [9.17, 15) is 4.79 Å². The number of benzene rings is 2. The smallest absolute Gasteiger partial charge is 0.309 e. The van der Waals surface area contributed by atoms with E-state index in [0.717, 1.165) is 34.9 Å². The molecule has 3 rings (SSSR count). The van der Waals surface area contributed by atoms with E-state index < -0.39 is 5.97 Å². The third-order valence-electron chi connectivity index (χ3n) is 4.07. The van der Waals surface area contributed by atoms with Crippen LogP contribution in [0.15, 0.2) is 53.9 Å². The lowest BCUT2D eigenvalue weighted by atomic mass is 10.1. The van der Waals surface area contributed by atoms with E-state index in [1.165, 1.54) is 16.9 Å². The van der Waals surface area contributed by atoms with Crippen LogP contribution >= 0.6 is 11.3 Å². The molecule has 1 aromatic heterocycles. The Morgan fingerprint density at radius 2 is 1.61 bits per heavy atom. The lowest BCUT2D eigenvalue weighted by molar-refractivity contribution is -0.136. The van der Waals surface area contributed by atoms with E-state index in [1.807, 2.05) is 36.4 Å². The van der Waals surface area contributed by atoms with Gasteiger partial charge in [0.25, 0.3) is 0 Å². The molecular weight excluding hydrogens is 374 g/mol. The summed E-state index contributed by atoms with van der Waals surface area (Å²) in [5, 5.41) is 11.4. The number of carboxylic acid groups (broad SMARTS) is 1. The molecule has 0 atom stereocenters. The van der Waals surface area contributed by atoms with E-state index in [0.29, 0.717) is 18.9 Å². The van der Waals surface area contributed by atoms with Crippen LogP contribution in [0, 0.1) is 0 Å². The summed E-state index contributed by atoms with van der Waals surface area (Å²) in [6.07, 6.45) is 2.17. The maximum atomic E-state index is 10.8. The zero-order chi connectivity index (χ0) is 19.8. The van der Waals surface area contributed by atoms with Crippen molar-refractivity contribution in [1.82, 2.24) is 4.98 Å². The normalized spacial score (nSPS) is 10.6. The second-order valence-electron chi connectivity index (χ2n) is 6.33. The maximum absolute atomic E-state index is 10.8. The van der Waals surface area contributed by atoms with Crippen LogP contribution in [-0.4, -0.2) is 29.3 Å². The monoisotopic (exact) mass is 397 g/mol. The molecule has 28 heavy (non-hydrogen) atoms. The SMILES string of the molecule is CCCc1ccc(OCCOc2ccc(-c3nc(CC(=O)O)cs3)cc2)cc1. The van der Waals surface area contributed by atoms with E-state index >= 15 is 0 Å². The van der Waals surface area contributed by atoms with E-state index in [1.54, 1.807) is 5.38 Å². The number of carboxylic acids is 1. The molecule has 6 heteroatoms. The predicted molar refractivity (Wildman–Crippen MR) is 110 cm³/mol. The Labute approximate surface area is 168 Å². The van der Waals surface area contributed by atoms with Crippen LogP contribution in [0.2, 0.25) is 0 Å². The first-order valence-electron chi connectivity index (χ1n) is 9.25. The van der Waals surface area contributed by atoms with E-state index in [2.05, 4.69) is 24.0 Å². The van der Waals surface area contributed by atoms with Crippen LogP contribution in [0.1, 0.15) is 24.6 Å². The van der Waals surface area contributed by atoms with Crippen molar-refractivity contribution in [2.45, 2.75) is 26.2 Å². The lowest BCUT2D eigenvalue weighted by Gasteiger charge is -2.09. The highest BCUT2D eigenvalue weighted by atomic mass is 32.1. The Hall–Kier alpha value is -2.86. The molecule has 5 nitrogen and oxygen atoms in total. The molecule has 0 aliphatic carbocycles. The fourth-order valence-corrected chi connectivity index (χ4v) is 3.56.